The van der Waals surface area contributed by atoms with Crippen molar-refractivity contribution in [2.45, 2.75) is 25.4 Å². The van der Waals surface area contributed by atoms with Gasteiger partial charge in [0.2, 0.25) is 0 Å². The molecule has 1 aliphatic heterocycles. The Hall–Kier alpha value is -1.65. The molecule has 0 atom stereocenters. The molecule has 3 rings (SSSR count). The lowest BCUT2D eigenvalue weighted by Gasteiger charge is -2.31. The molecule has 0 unspecified atom stereocenters. The van der Waals surface area contributed by atoms with Crippen LogP contribution in [0.5, 0.6) is 0 Å². The molecule has 106 valence electrons. The van der Waals surface area contributed by atoms with Crippen LogP contribution < -0.4 is 5.32 Å². The largest absolute Gasteiger partial charge is 0.317 e. The van der Waals surface area contributed by atoms with Crippen molar-refractivity contribution < 1.29 is 0 Å². The van der Waals surface area contributed by atoms with Gasteiger partial charge in [0.1, 0.15) is 0 Å². The highest BCUT2D eigenvalue weighted by Crippen LogP contribution is 2.14. The third-order valence-corrected chi connectivity index (χ3v) is 4.02. The van der Waals surface area contributed by atoms with Crippen molar-refractivity contribution in [1.29, 1.82) is 0 Å². The Morgan fingerprint density at radius 3 is 2.75 bits per heavy atom. The molecule has 1 aliphatic rings. The SMILES string of the molecule is CN(Cc1cnn(-c2ccccc2)c1)C1CCNCC1. The standard InChI is InChI=1S/C16H22N4/c1-19(15-7-9-17-10-8-15)12-14-11-18-20(13-14)16-5-3-2-4-6-16/h2-6,11,13,15,17H,7-10,12H2,1H3. The topological polar surface area (TPSA) is 33.1 Å². The van der Waals surface area contributed by atoms with Gasteiger partial charge in [-0.2, -0.15) is 5.10 Å². The first-order chi connectivity index (χ1) is 9.83. The van der Waals surface area contributed by atoms with Crippen molar-refractivity contribution >= 4 is 0 Å². The average molecular weight is 270 g/mol. The summed E-state index contributed by atoms with van der Waals surface area (Å²) in [4.78, 5) is 2.45. The molecule has 0 saturated carbocycles. The first-order valence-corrected chi connectivity index (χ1v) is 7.33. The minimum atomic E-state index is 0.691. The number of aromatic nitrogens is 2. The minimum Gasteiger partial charge on any atom is -0.317 e. The molecule has 1 saturated heterocycles. The number of para-hydroxylation sites is 1. The molecule has 1 aromatic carbocycles. The Morgan fingerprint density at radius 2 is 2.00 bits per heavy atom. The maximum Gasteiger partial charge on any atom is 0.0645 e. The van der Waals surface area contributed by atoms with Gasteiger partial charge in [-0.15, -0.1) is 0 Å². The number of nitrogens with zero attached hydrogens (tertiary/aromatic N) is 3. The number of hydrogen-bond acceptors (Lipinski definition) is 3. The number of benzene rings is 1. The van der Waals surface area contributed by atoms with Crippen molar-refractivity contribution in [1.82, 2.24) is 20.0 Å². The van der Waals surface area contributed by atoms with Crippen LogP contribution in [-0.2, 0) is 6.54 Å². The monoisotopic (exact) mass is 270 g/mol. The molecule has 0 radical (unpaired) electrons. The molecule has 0 spiro atoms. The first-order valence-electron chi connectivity index (χ1n) is 7.33. The maximum absolute atomic E-state index is 4.46. The average Bonchev–Trinajstić information content (AvgIpc) is 2.97. The lowest BCUT2D eigenvalue weighted by molar-refractivity contribution is 0.192. The van der Waals surface area contributed by atoms with Gasteiger partial charge >= 0.3 is 0 Å². The Labute approximate surface area is 120 Å². The van der Waals surface area contributed by atoms with Crippen LogP contribution in [0.2, 0.25) is 0 Å². The number of hydrogen-bond donors (Lipinski definition) is 1. The van der Waals surface area contributed by atoms with Crippen molar-refractivity contribution in [3.8, 4) is 5.69 Å². The summed E-state index contributed by atoms with van der Waals surface area (Å²) in [5, 5.41) is 7.88. The number of rotatable bonds is 4. The van der Waals surface area contributed by atoms with Crippen molar-refractivity contribution in [2.75, 3.05) is 20.1 Å². The summed E-state index contributed by atoms with van der Waals surface area (Å²) in [5.41, 5.74) is 2.39. The van der Waals surface area contributed by atoms with Gasteiger partial charge in [-0.05, 0) is 45.1 Å². The second-order valence-electron chi connectivity index (χ2n) is 5.52. The van der Waals surface area contributed by atoms with Gasteiger partial charge < -0.3 is 5.32 Å². The Morgan fingerprint density at radius 1 is 1.25 bits per heavy atom. The molecule has 1 aromatic heterocycles. The fourth-order valence-electron chi connectivity index (χ4n) is 2.83. The molecule has 2 aromatic rings. The second kappa shape index (κ2) is 6.20. The van der Waals surface area contributed by atoms with Gasteiger partial charge in [0.25, 0.3) is 0 Å². The molecule has 0 bridgehead atoms. The van der Waals surface area contributed by atoms with E-state index in [2.05, 4.69) is 40.7 Å². The van der Waals surface area contributed by atoms with E-state index < -0.39 is 0 Å². The fourth-order valence-corrected chi connectivity index (χ4v) is 2.83. The van der Waals surface area contributed by atoms with E-state index in [9.17, 15) is 0 Å². The van der Waals surface area contributed by atoms with E-state index in [1.807, 2.05) is 29.1 Å². The first kappa shape index (κ1) is 13.3. The van der Waals surface area contributed by atoms with Crippen molar-refractivity contribution in [3.63, 3.8) is 0 Å². The Balaban J connectivity index is 1.65. The second-order valence-corrected chi connectivity index (χ2v) is 5.52. The van der Waals surface area contributed by atoms with Crippen LogP contribution in [0.4, 0.5) is 0 Å². The predicted octanol–water partition coefficient (Wildman–Crippen LogP) is 2.06. The summed E-state index contributed by atoms with van der Waals surface area (Å²) in [6.07, 6.45) is 6.59. The van der Waals surface area contributed by atoms with Gasteiger partial charge in [-0.25, -0.2) is 4.68 Å². The summed E-state index contributed by atoms with van der Waals surface area (Å²) in [7, 11) is 2.22. The maximum atomic E-state index is 4.46. The minimum absolute atomic E-state index is 0.691. The number of piperidine rings is 1. The summed E-state index contributed by atoms with van der Waals surface area (Å²) in [5.74, 6) is 0. The van der Waals surface area contributed by atoms with Gasteiger partial charge in [0, 0.05) is 24.3 Å². The Kier molecular flexibility index (Phi) is 4.14. The Bertz CT molecular complexity index is 528. The molecular weight excluding hydrogens is 248 g/mol. The summed E-state index contributed by atoms with van der Waals surface area (Å²) in [6.45, 7) is 3.24. The van der Waals surface area contributed by atoms with E-state index in [-0.39, 0.29) is 0 Å². The fraction of sp³-hybridized carbons (Fsp3) is 0.438. The van der Waals surface area contributed by atoms with Crippen LogP contribution >= 0.6 is 0 Å². The third-order valence-electron chi connectivity index (χ3n) is 4.02. The molecule has 2 heterocycles. The molecule has 0 amide bonds. The normalized spacial score (nSPS) is 16.7. The summed E-state index contributed by atoms with van der Waals surface area (Å²) < 4.78 is 1.95. The smallest absolute Gasteiger partial charge is 0.0645 e. The molecular formula is C16H22N4. The van der Waals surface area contributed by atoms with Crippen LogP contribution in [0.15, 0.2) is 42.7 Å². The zero-order chi connectivity index (χ0) is 13.8. The van der Waals surface area contributed by atoms with Crippen LogP contribution in [0.25, 0.3) is 5.69 Å². The van der Waals surface area contributed by atoms with Gasteiger partial charge in [-0.1, -0.05) is 18.2 Å². The van der Waals surface area contributed by atoms with E-state index in [1.165, 1.54) is 18.4 Å². The summed E-state index contributed by atoms with van der Waals surface area (Å²) >= 11 is 0. The summed E-state index contributed by atoms with van der Waals surface area (Å²) in [6, 6.07) is 11.0. The highest BCUT2D eigenvalue weighted by Gasteiger charge is 2.18. The van der Waals surface area contributed by atoms with Gasteiger partial charge in [0.15, 0.2) is 0 Å². The molecule has 4 heteroatoms. The number of nitrogens with one attached hydrogen (secondary N) is 1. The highest BCUT2D eigenvalue weighted by molar-refractivity contribution is 5.30. The highest BCUT2D eigenvalue weighted by atomic mass is 15.3. The van der Waals surface area contributed by atoms with Crippen LogP contribution in [0, 0.1) is 0 Å². The lowest BCUT2D eigenvalue weighted by Crippen LogP contribution is -2.40. The zero-order valence-electron chi connectivity index (χ0n) is 12.0. The van der Waals surface area contributed by atoms with Crippen LogP contribution in [-0.4, -0.2) is 40.9 Å². The van der Waals surface area contributed by atoms with E-state index in [4.69, 9.17) is 0 Å². The lowest BCUT2D eigenvalue weighted by atomic mass is 10.1. The van der Waals surface area contributed by atoms with E-state index in [1.54, 1.807) is 0 Å². The van der Waals surface area contributed by atoms with E-state index in [0.29, 0.717) is 6.04 Å². The van der Waals surface area contributed by atoms with Gasteiger partial charge in [0.05, 0.1) is 11.9 Å². The van der Waals surface area contributed by atoms with E-state index in [0.717, 1.165) is 25.3 Å². The van der Waals surface area contributed by atoms with Gasteiger partial charge in [-0.3, -0.25) is 4.90 Å². The van der Waals surface area contributed by atoms with E-state index >= 15 is 0 Å². The quantitative estimate of drug-likeness (QED) is 0.923. The van der Waals surface area contributed by atoms with Crippen LogP contribution in [0.3, 0.4) is 0 Å². The molecule has 0 aliphatic carbocycles. The molecule has 20 heavy (non-hydrogen) atoms. The predicted molar refractivity (Wildman–Crippen MR) is 80.9 cm³/mol. The molecule has 1 N–H and O–H groups in total. The molecule has 4 nitrogen and oxygen atoms in total. The third kappa shape index (κ3) is 3.08. The zero-order valence-corrected chi connectivity index (χ0v) is 12.0. The van der Waals surface area contributed by atoms with Crippen molar-refractivity contribution in [3.05, 3.63) is 48.3 Å². The molecule has 1 fully saturated rings. The van der Waals surface area contributed by atoms with Crippen LogP contribution in [0.1, 0.15) is 18.4 Å². The van der Waals surface area contributed by atoms with Crippen molar-refractivity contribution in [2.24, 2.45) is 0 Å².